The number of nitrogens with two attached hydrogens (primary N) is 1. The van der Waals surface area contributed by atoms with E-state index in [-0.39, 0.29) is 18.2 Å². The fourth-order valence-corrected chi connectivity index (χ4v) is 1.57. The first-order chi connectivity index (χ1) is 8.47. The second-order valence-electron chi connectivity index (χ2n) is 4.74. The van der Waals surface area contributed by atoms with E-state index in [1.165, 1.54) is 0 Å². The van der Waals surface area contributed by atoms with E-state index in [4.69, 9.17) is 5.73 Å². The molecule has 0 aliphatic carbocycles. The number of aromatic nitrogens is 2. The van der Waals surface area contributed by atoms with Crippen LogP contribution in [0.25, 0.3) is 0 Å². The Morgan fingerprint density at radius 3 is 2.72 bits per heavy atom. The molecule has 0 radical (unpaired) electrons. The highest BCUT2D eigenvalue weighted by Crippen LogP contribution is 2.17. The number of nitrogen functional groups attached to an aromatic ring is 1. The SMILES string of the molecule is CCCc1[nH]nc(C(=O)NC(C)(CC)CO)c1N. The van der Waals surface area contributed by atoms with Gasteiger partial charge in [0.15, 0.2) is 5.69 Å². The third kappa shape index (κ3) is 3.01. The van der Waals surface area contributed by atoms with Gasteiger partial charge in [-0.15, -0.1) is 0 Å². The number of aryl methyl sites for hydroxylation is 1. The van der Waals surface area contributed by atoms with E-state index in [0.717, 1.165) is 18.5 Å². The molecule has 0 spiro atoms. The number of aliphatic hydroxyl groups excluding tert-OH is 1. The minimum Gasteiger partial charge on any atom is -0.395 e. The maximum atomic E-state index is 12.0. The standard InChI is InChI=1S/C12H22N4O2/c1-4-6-8-9(13)10(16-15-8)11(18)14-12(3,5-2)7-17/h17H,4-7,13H2,1-3H3,(H,14,18)(H,15,16). The van der Waals surface area contributed by atoms with Crippen LogP contribution in [0.1, 0.15) is 49.8 Å². The Bertz CT molecular complexity index is 410. The minimum atomic E-state index is -0.645. The first-order valence-electron chi connectivity index (χ1n) is 6.23. The zero-order valence-corrected chi connectivity index (χ0v) is 11.2. The van der Waals surface area contributed by atoms with Gasteiger partial charge in [-0.2, -0.15) is 5.10 Å². The van der Waals surface area contributed by atoms with Crippen LogP contribution >= 0.6 is 0 Å². The van der Waals surface area contributed by atoms with Crippen LogP contribution < -0.4 is 11.1 Å². The molecule has 5 N–H and O–H groups in total. The predicted octanol–water partition coefficient (Wildman–Crippen LogP) is 0.835. The highest BCUT2D eigenvalue weighted by atomic mass is 16.3. The topological polar surface area (TPSA) is 104 Å². The average Bonchev–Trinajstić information content (AvgIpc) is 2.71. The van der Waals surface area contributed by atoms with Crippen LogP contribution in [-0.2, 0) is 6.42 Å². The van der Waals surface area contributed by atoms with E-state index in [1.54, 1.807) is 6.92 Å². The van der Waals surface area contributed by atoms with Gasteiger partial charge in [0.05, 0.1) is 23.5 Å². The molecule has 0 aliphatic rings. The lowest BCUT2D eigenvalue weighted by Crippen LogP contribution is -2.48. The van der Waals surface area contributed by atoms with E-state index in [1.807, 2.05) is 13.8 Å². The lowest BCUT2D eigenvalue weighted by molar-refractivity contribution is 0.0843. The summed E-state index contributed by atoms with van der Waals surface area (Å²) >= 11 is 0. The number of anilines is 1. The van der Waals surface area contributed by atoms with Gasteiger partial charge in [0.1, 0.15) is 0 Å². The molecule has 0 bridgehead atoms. The summed E-state index contributed by atoms with van der Waals surface area (Å²) < 4.78 is 0. The Labute approximate surface area is 107 Å². The third-order valence-corrected chi connectivity index (χ3v) is 3.14. The van der Waals surface area contributed by atoms with Gasteiger partial charge in [0, 0.05) is 0 Å². The van der Waals surface area contributed by atoms with Crippen molar-refractivity contribution >= 4 is 11.6 Å². The number of carbonyl (C=O) groups is 1. The Hall–Kier alpha value is -1.56. The summed E-state index contributed by atoms with van der Waals surface area (Å²) in [5, 5.41) is 18.7. The first kappa shape index (κ1) is 14.5. The maximum absolute atomic E-state index is 12.0. The van der Waals surface area contributed by atoms with Gasteiger partial charge >= 0.3 is 0 Å². The zero-order valence-electron chi connectivity index (χ0n) is 11.2. The summed E-state index contributed by atoms with van der Waals surface area (Å²) in [6, 6.07) is 0. The third-order valence-electron chi connectivity index (χ3n) is 3.14. The molecule has 0 aliphatic heterocycles. The Morgan fingerprint density at radius 2 is 2.22 bits per heavy atom. The van der Waals surface area contributed by atoms with Crippen molar-refractivity contribution in [2.24, 2.45) is 0 Å². The summed E-state index contributed by atoms with van der Waals surface area (Å²) in [6.45, 7) is 5.58. The lowest BCUT2D eigenvalue weighted by Gasteiger charge is -2.26. The van der Waals surface area contributed by atoms with Crippen LogP contribution in [0.2, 0.25) is 0 Å². The normalized spacial score (nSPS) is 14.2. The van der Waals surface area contributed by atoms with Crippen LogP contribution in [0, 0.1) is 0 Å². The van der Waals surface area contributed by atoms with Crippen molar-refractivity contribution in [3.63, 3.8) is 0 Å². The summed E-state index contributed by atoms with van der Waals surface area (Å²) in [7, 11) is 0. The number of nitrogens with one attached hydrogen (secondary N) is 2. The number of nitrogens with zero attached hydrogens (tertiary/aromatic N) is 1. The maximum Gasteiger partial charge on any atom is 0.274 e. The van der Waals surface area contributed by atoms with Crippen molar-refractivity contribution in [2.45, 2.75) is 45.6 Å². The van der Waals surface area contributed by atoms with Crippen molar-refractivity contribution in [1.29, 1.82) is 0 Å². The number of H-pyrrole nitrogens is 1. The predicted molar refractivity (Wildman–Crippen MR) is 70.2 cm³/mol. The van der Waals surface area contributed by atoms with Gasteiger partial charge in [-0.1, -0.05) is 20.3 Å². The molecule has 1 heterocycles. The number of aromatic amines is 1. The van der Waals surface area contributed by atoms with Crippen LogP contribution in [0.4, 0.5) is 5.69 Å². The molecule has 1 aromatic heterocycles. The fraction of sp³-hybridized carbons (Fsp3) is 0.667. The van der Waals surface area contributed by atoms with Gasteiger partial charge in [-0.3, -0.25) is 9.89 Å². The number of aliphatic hydroxyl groups is 1. The lowest BCUT2D eigenvalue weighted by atomic mass is 10.00. The smallest absolute Gasteiger partial charge is 0.274 e. The van der Waals surface area contributed by atoms with Gasteiger partial charge < -0.3 is 16.2 Å². The molecule has 0 saturated heterocycles. The molecule has 6 nitrogen and oxygen atoms in total. The average molecular weight is 254 g/mol. The zero-order chi connectivity index (χ0) is 13.8. The van der Waals surface area contributed by atoms with Crippen molar-refractivity contribution in [2.75, 3.05) is 12.3 Å². The monoisotopic (exact) mass is 254 g/mol. The van der Waals surface area contributed by atoms with E-state index < -0.39 is 5.54 Å². The minimum absolute atomic E-state index is 0.124. The Balaban J connectivity index is 2.85. The van der Waals surface area contributed by atoms with Crippen LogP contribution in [0.5, 0.6) is 0 Å². The molecule has 102 valence electrons. The fourth-order valence-electron chi connectivity index (χ4n) is 1.57. The van der Waals surface area contributed by atoms with Crippen LogP contribution in [-0.4, -0.2) is 33.4 Å². The molecule has 1 unspecified atom stereocenters. The summed E-state index contributed by atoms with van der Waals surface area (Å²) in [5.41, 5.74) is 6.61. The highest BCUT2D eigenvalue weighted by Gasteiger charge is 2.26. The molecule has 1 rings (SSSR count). The molecular formula is C12H22N4O2. The van der Waals surface area contributed by atoms with E-state index in [9.17, 15) is 9.90 Å². The Kier molecular flexibility index (Phi) is 4.72. The molecule has 1 amide bonds. The number of hydrogen-bond donors (Lipinski definition) is 4. The second kappa shape index (κ2) is 5.86. The van der Waals surface area contributed by atoms with Crippen LogP contribution in [0.15, 0.2) is 0 Å². The highest BCUT2D eigenvalue weighted by molar-refractivity contribution is 5.98. The number of hydrogen-bond acceptors (Lipinski definition) is 4. The molecule has 0 aromatic carbocycles. The number of rotatable bonds is 6. The van der Waals surface area contributed by atoms with Crippen molar-refractivity contribution in [3.05, 3.63) is 11.4 Å². The van der Waals surface area contributed by atoms with E-state index >= 15 is 0 Å². The quantitative estimate of drug-likeness (QED) is 0.603. The van der Waals surface area contributed by atoms with Gasteiger partial charge in [-0.25, -0.2) is 0 Å². The number of amides is 1. The van der Waals surface area contributed by atoms with Crippen molar-refractivity contribution in [1.82, 2.24) is 15.5 Å². The Morgan fingerprint density at radius 1 is 1.56 bits per heavy atom. The van der Waals surface area contributed by atoms with Gasteiger partial charge in [-0.05, 0) is 19.8 Å². The molecule has 6 heteroatoms. The van der Waals surface area contributed by atoms with E-state index in [2.05, 4.69) is 15.5 Å². The molecular weight excluding hydrogens is 232 g/mol. The summed E-state index contributed by atoms with van der Waals surface area (Å²) in [6.07, 6.45) is 2.31. The van der Waals surface area contributed by atoms with Gasteiger partial charge in [0.25, 0.3) is 5.91 Å². The molecule has 1 aromatic rings. The van der Waals surface area contributed by atoms with Crippen molar-refractivity contribution in [3.8, 4) is 0 Å². The van der Waals surface area contributed by atoms with E-state index in [0.29, 0.717) is 12.1 Å². The molecule has 1 atom stereocenters. The van der Waals surface area contributed by atoms with Gasteiger partial charge in [0.2, 0.25) is 0 Å². The summed E-state index contributed by atoms with van der Waals surface area (Å²) in [5.74, 6) is -0.357. The van der Waals surface area contributed by atoms with Crippen molar-refractivity contribution < 1.29 is 9.90 Å². The molecule has 0 fully saturated rings. The van der Waals surface area contributed by atoms with Crippen LogP contribution in [0.3, 0.4) is 0 Å². The first-order valence-corrected chi connectivity index (χ1v) is 6.23. The summed E-state index contributed by atoms with van der Waals surface area (Å²) in [4.78, 5) is 12.0. The second-order valence-corrected chi connectivity index (χ2v) is 4.74. The largest absolute Gasteiger partial charge is 0.395 e. The molecule has 0 saturated carbocycles. The number of carbonyl (C=O) groups excluding carboxylic acids is 1. The molecule has 18 heavy (non-hydrogen) atoms.